The summed E-state index contributed by atoms with van der Waals surface area (Å²) in [5.74, 6) is 1.43. The zero-order chi connectivity index (χ0) is 49.0. The first-order chi connectivity index (χ1) is 35.0. The van der Waals surface area contributed by atoms with Crippen molar-refractivity contribution in [3.05, 3.63) is 211 Å². The summed E-state index contributed by atoms with van der Waals surface area (Å²) in [6.07, 6.45) is 0. The van der Waals surface area contributed by atoms with E-state index in [0.717, 1.165) is 80.8 Å². The maximum absolute atomic E-state index is 6.37. The summed E-state index contributed by atoms with van der Waals surface area (Å²) >= 11 is 9.77. The van der Waals surface area contributed by atoms with Gasteiger partial charge in [-0.05, 0) is 79.7 Å². The normalized spacial score (nSPS) is 14.0. The molecule has 5 heterocycles. The van der Waals surface area contributed by atoms with Gasteiger partial charge in [0.2, 0.25) is 0 Å². The average Bonchev–Trinajstić information content (AvgIpc) is 4.06. The van der Waals surface area contributed by atoms with Crippen molar-refractivity contribution in [1.82, 2.24) is 19.9 Å². The molecule has 0 spiro atoms. The van der Waals surface area contributed by atoms with Crippen LogP contribution in [0.1, 0.15) is 27.7 Å². The van der Waals surface area contributed by atoms with Crippen LogP contribution in [0.15, 0.2) is 206 Å². The smallest absolute Gasteiger partial charge is 0.399 e. The number of benzene rings is 8. The van der Waals surface area contributed by atoms with E-state index < -0.39 is 18.3 Å². The average molecular weight is 989 g/mol. The van der Waals surface area contributed by atoms with Crippen LogP contribution in [0.3, 0.4) is 0 Å². The van der Waals surface area contributed by atoms with Gasteiger partial charge >= 0.3 is 7.12 Å². The Balaban J connectivity index is 0.000000151. The van der Waals surface area contributed by atoms with Crippen LogP contribution >= 0.6 is 34.3 Å². The van der Waals surface area contributed by atoms with Crippen LogP contribution in [0, 0.1) is 0 Å². The predicted octanol–water partition coefficient (Wildman–Crippen LogP) is 16.6. The van der Waals surface area contributed by atoms with Gasteiger partial charge < -0.3 is 9.31 Å². The van der Waals surface area contributed by atoms with Crippen molar-refractivity contribution in [1.29, 1.82) is 0 Å². The van der Waals surface area contributed by atoms with Crippen LogP contribution < -0.4 is 5.46 Å². The number of thiophene rings is 2. The number of fused-ring (bicyclic) bond motifs is 6. The highest BCUT2D eigenvalue weighted by Gasteiger charge is 2.51. The van der Waals surface area contributed by atoms with Gasteiger partial charge in [-0.25, -0.2) is 19.9 Å². The van der Waals surface area contributed by atoms with Gasteiger partial charge in [-0.3, -0.25) is 0 Å². The molecule has 0 saturated carbocycles. The van der Waals surface area contributed by atoms with Crippen molar-refractivity contribution in [3.8, 4) is 67.5 Å². The van der Waals surface area contributed by atoms with Crippen LogP contribution in [0.25, 0.3) is 108 Å². The highest BCUT2D eigenvalue weighted by molar-refractivity contribution is 7.26. The molecule has 0 atom stereocenters. The largest absolute Gasteiger partial charge is 0.494 e. The molecule has 13 rings (SSSR count). The molecule has 72 heavy (non-hydrogen) atoms. The third kappa shape index (κ3) is 8.67. The second-order valence-electron chi connectivity index (χ2n) is 19.0. The highest BCUT2D eigenvalue weighted by atomic mass is 35.5. The van der Waals surface area contributed by atoms with Crippen molar-refractivity contribution >= 4 is 87.5 Å². The second-order valence-corrected chi connectivity index (χ2v) is 21.5. The summed E-state index contributed by atoms with van der Waals surface area (Å²) in [6.45, 7) is 8.33. The molecule has 1 saturated heterocycles. The van der Waals surface area contributed by atoms with Crippen LogP contribution in [0.4, 0.5) is 0 Å². The fourth-order valence-corrected chi connectivity index (χ4v) is 11.6. The summed E-state index contributed by atoms with van der Waals surface area (Å²) in [5, 5.41) is 2.87. The summed E-state index contributed by atoms with van der Waals surface area (Å²) < 4.78 is 17.2. The molecule has 8 aromatic carbocycles. The fraction of sp³-hybridized carbons (Fsp3) is 0.0968. The van der Waals surface area contributed by atoms with Gasteiger partial charge in [0.25, 0.3) is 0 Å². The van der Waals surface area contributed by atoms with Crippen molar-refractivity contribution < 1.29 is 9.31 Å². The number of nitrogens with zero attached hydrogens (tertiary/aromatic N) is 4. The van der Waals surface area contributed by atoms with E-state index >= 15 is 0 Å². The molecule has 348 valence electrons. The number of rotatable bonds is 7. The molecule has 10 heteroatoms. The molecule has 12 aromatic rings. The van der Waals surface area contributed by atoms with Crippen molar-refractivity contribution in [3.63, 3.8) is 0 Å². The second kappa shape index (κ2) is 18.7. The van der Waals surface area contributed by atoms with E-state index in [9.17, 15) is 0 Å². The Morgan fingerprint density at radius 1 is 0.389 bits per heavy atom. The van der Waals surface area contributed by atoms with Gasteiger partial charge in [0.05, 0.1) is 43.0 Å². The monoisotopic (exact) mass is 988 g/mol. The van der Waals surface area contributed by atoms with Crippen LogP contribution in [0.2, 0.25) is 5.02 Å². The molecule has 0 radical (unpaired) electrons. The number of halogens is 1. The van der Waals surface area contributed by atoms with Crippen molar-refractivity contribution in [2.45, 2.75) is 38.9 Å². The first kappa shape index (κ1) is 45.8. The Morgan fingerprint density at radius 3 is 1.18 bits per heavy atom. The van der Waals surface area contributed by atoms with E-state index in [2.05, 4.69) is 185 Å². The van der Waals surface area contributed by atoms with Crippen molar-refractivity contribution in [2.75, 3.05) is 0 Å². The Kier molecular flexibility index (Phi) is 11.9. The molecule has 0 N–H and O–H groups in total. The van der Waals surface area contributed by atoms with Crippen LogP contribution in [0.5, 0.6) is 0 Å². The lowest BCUT2D eigenvalue weighted by molar-refractivity contribution is 0.00578. The topological polar surface area (TPSA) is 70.0 Å². The third-order valence-electron chi connectivity index (χ3n) is 13.7. The van der Waals surface area contributed by atoms with E-state index in [4.69, 9.17) is 40.8 Å². The van der Waals surface area contributed by atoms with Crippen LogP contribution in [-0.4, -0.2) is 38.3 Å². The van der Waals surface area contributed by atoms with Gasteiger partial charge in [0.1, 0.15) is 0 Å². The molecule has 4 aromatic heterocycles. The SMILES string of the molecule is CC1(C)OB(c2ccc3sc4c(-c5ccccc5)nc(-c5ccc(-c6ccccc6)cc5)nc4c3c2)OC1(C)C.Clc1ccc2sc3c(-c4ccccc4)nc(-c4ccc(-c5ccccc5)cc4)nc3c2c1. The first-order valence-electron chi connectivity index (χ1n) is 24.0. The van der Waals surface area contributed by atoms with E-state index in [-0.39, 0.29) is 0 Å². The predicted molar refractivity (Wildman–Crippen MR) is 303 cm³/mol. The zero-order valence-corrected chi connectivity index (χ0v) is 42.4. The minimum absolute atomic E-state index is 0.398. The Labute approximate surface area is 431 Å². The van der Waals surface area contributed by atoms with E-state index in [1.54, 1.807) is 22.7 Å². The lowest BCUT2D eigenvalue weighted by atomic mass is 9.78. The molecule has 1 fully saturated rings. The molecule has 1 aliphatic heterocycles. The molecule has 0 bridgehead atoms. The lowest BCUT2D eigenvalue weighted by Crippen LogP contribution is -2.41. The molecular weight excluding hydrogens is 943 g/mol. The van der Waals surface area contributed by atoms with E-state index in [1.165, 1.54) is 27.0 Å². The van der Waals surface area contributed by atoms with Gasteiger partial charge in [0, 0.05) is 47.4 Å². The summed E-state index contributed by atoms with van der Waals surface area (Å²) in [7, 11) is -0.426. The maximum Gasteiger partial charge on any atom is 0.494 e. The molecule has 0 aliphatic carbocycles. The number of hydrogen-bond donors (Lipinski definition) is 0. The standard InChI is InChI=1S/C34H29BN2O2S.C28H17ClN2S/c1-33(2)34(3,4)39-35(38-33)26-19-20-28-27(21-26)30-31(40-28)29(24-13-9-6-10-14-24)36-32(37-30)25-17-15-23(16-18-25)22-11-7-5-8-12-22;29-22-15-16-24-23(17-22)26-27(32-24)25(20-9-5-2-6-10-20)30-28(31-26)21-13-11-19(12-14-21)18-7-3-1-4-8-18/h5-21H,1-4H3;1-17H. The lowest BCUT2D eigenvalue weighted by Gasteiger charge is -2.32. The molecule has 0 unspecified atom stereocenters. The highest BCUT2D eigenvalue weighted by Crippen LogP contribution is 2.43. The van der Waals surface area contributed by atoms with Crippen LogP contribution in [-0.2, 0) is 9.31 Å². The zero-order valence-electron chi connectivity index (χ0n) is 40.0. The first-order valence-corrected chi connectivity index (χ1v) is 26.0. The summed E-state index contributed by atoms with van der Waals surface area (Å²) in [6, 6.07) is 70.9. The molecule has 6 nitrogen and oxygen atoms in total. The summed E-state index contributed by atoms with van der Waals surface area (Å²) in [4.78, 5) is 20.3. The van der Waals surface area contributed by atoms with E-state index in [1.807, 2.05) is 48.5 Å². The Morgan fingerprint density at radius 2 is 0.750 bits per heavy atom. The molecule has 1 aliphatic rings. The fourth-order valence-electron chi connectivity index (χ4n) is 9.13. The van der Waals surface area contributed by atoms with E-state index in [0.29, 0.717) is 10.8 Å². The minimum Gasteiger partial charge on any atom is -0.399 e. The molecular formula is C62H46BClN4O2S2. The van der Waals surface area contributed by atoms with Gasteiger partial charge in [-0.2, -0.15) is 0 Å². The number of hydrogen-bond acceptors (Lipinski definition) is 8. The van der Waals surface area contributed by atoms with Gasteiger partial charge in [-0.1, -0.05) is 194 Å². The Hall–Kier alpha value is -7.37. The molecule has 0 amide bonds. The maximum atomic E-state index is 6.37. The quantitative estimate of drug-likeness (QED) is 0.148. The summed E-state index contributed by atoms with van der Waals surface area (Å²) in [5.41, 5.74) is 12.9. The van der Waals surface area contributed by atoms with Gasteiger partial charge in [0.15, 0.2) is 11.6 Å². The number of aromatic nitrogens is 4. The Bertz CT molecular complexity index is 3910. The van der Waals surface area contributed by atoms with Gasteiger partial charge in [-0.15, -0.1) is 22.7 Å². The minimum atomic E-state index is -0.426. The third-order valence-corrected chi connectivity index (χ3v) is 16.3. The van der Waals surface area contributed by atoms with Crippen molar-refractivity contribution in [2.24, 2.45) is 0 Å².